The molecule has 2 aromatic rings. The van der Waals surface area contributed by atoms with Crippen LogP contribution in [0, 0.1) is 0 Å². The minimum Gasteiger partial charge on any atom is -0.477 e. The van der Waals surface area contributed by atoms with Crippen molar-refractivity contribution in [3.63, 3.8) is 0 Å². The number of fused-ring (bicyclic) bond motifs is 1. The van der Waals surface area contributed by atoms with Crippen molar-refractivity contribution in [2.75, 3.05) is 0 Å². The molecular formula is C9H6BrNO2. The van der Waals surface area contributed by atoms with E-state index in [0.717, 1.165) is 10.1 Å². The summed E-state index contributed by atoms with van der Waals surface area (Å²) in [6.45, 7) is 0. The summed E-state index contributed by atoms with van der Waals surface area (Å²) in [5.41, 5.74) is 1.13. The molecule has 0 aliphatic heterocycles. The fourth-order valence-corrected chi connectivity index (χ4v) is 1.84. The second-order valence-corrected chi connectivity index (χ2v) is 3.44. The van der Waals surface area contributed by atoms with Gasteiger partial charge >= 0.3 is 5.97 Å². The fourth-order valence-electron chi connectivity index (χ4n) is 1.29. The van der Waals surface area contributed by atoms with E-state index >= 15 is 0 Å². The first-order valence-electron chi connectivity index (χ1n) is 3.69. The largest absolute Gasteiger partial charge is 0.477 e. The Balaban J connectivity index is 2.86. The van der Waals surface area contributed by atoms with Gasteiger partial charge in [0.1, 0.15) is 5.69 Å². The van der Waals surface area contributed by atoms with Crippen LogP contribution >= 0.6 is 15.9 Å². The molecule has 0 bridgehead atoms. The lowest BCUT2D eigenvalue weighted by Crippen LogP contribution is -2.01. The molecule has 4 heteroatoms. The van der Waals surface area contributed by atoms with E-state index in [4.69, 9.17) is 5.11 Å². The van der Waals surface area contributed by atoms with Gasteiger partial charge in [-0.25, -0.2) is 4.79 Å². The van der Waals surface area contributed by atoms with Gasteiger partial charge < -0.3 is 5.11 Å². The summed E-state index contributed by atoms with van der Waals surface area (Å²) in [4.78, 5) is 10.8. The number of aromatic carboxylic acids is 1. The SMILES string of the molecule is O=C(O)c1ccc2cccc(Br)n12. The van der Waals surface area contributed by atoms with Crippen molar-refractivity contribution < 1.29 is 9.90 Å². The molecule has 0 spiro atoms. The van der Waals surface area contributed by atoms with Crippen LogP contribution in [-0.2, 0) is 0 Å². The van der Waals surface area contributed by atoms with Crippen LogP contribution in [0.4, 0.5) is 0 Å². The van der Waals surface area contributed by atoms with Crippen molar-refractivity contribution in [2.45, 2.75) is 0 Å². The summed E-state index contributed by atoms with van der Waals surface area (Å²) in [5.74, 6) is -0.924. The van der Waals surface area contributed by atoms with E-state index in [1.165, 1.54) is 0 Å². The van der Waals surface area contributed by atoms with E-state index in [1.54, 1.807) is 22.6 Å². The van der Waals surface area contributed by atoms with Gasteiger partial charge in [0.05, 0.1) is 4.60 Å². The highest BCUT2D eigenvalue weighted by Crippen LogP contribution is 2.17. The monoisotopic (exact) mass is 239 g/mol. The van der Waals surface area contributed by atoms with E-state index in [9.17, 15) is 4.79 Å². The zero-order chi connectivity index (χ0) is 9.42. The summed E-state index contributed by atoms with van der Waals surface area (Å²) in [5, 5.41) is 8.85. The molecule has 0 aromatic carbocycles. The number of halogens is 1. The Morgan fingerprint density at radius 2 is 2.08 bits per heavy atom. The average molecular weight is 240 g/mol. The maximum atomic E-state index is 10.8. The molecule has 2 aromatic heterocycles. The zero-order valence-electron chi connectivity index (χ0n) is 6.57. The van der Waals surface area contributed by atoms with Gasteiger partial charge in [0.2, 0.25) is 0 Å². The van der Waals surface area contributed by atoms with Crippen LogP contribution in [0.1, 0.15) is 10.5 Å². The zero-order valence-corrected chi connectivity index (χ0v) is 8.15. The van der Waals surface area contributed by atoms with Crippen LogP contribution in [0.3, 0.4) is 0 Å². The first kappa shape index (κ1) is 8.31. The van der Waals surface area contributed by atoms with Crippen molar-refractivity contribution >= 4 is 27.4 Å². The van der Waals surface area contributed by atoms with E-state index in [-0.39, 0.29) is 5.69 Å². The number of rotatable bonds is 1. The molecule has 0 radical (unpaired) electrons. The molecule has 0 aliphatic rings. The number of carboxylic acid groups (broad SMARTS) is 1. The first-order chi connectivity index (χ1) is 6.20. The van der Waals surface area contributed by atoms with Crippen LogP contribution in [0.2, 0.25) is 0 Å². The predicted molar refractivity (Wildman–Crippen MR) is 52.1 cm³/mol. The Labute approximate surface area is 82.7 Å². The minimum absolute atomic E-state index is 0.266. The smallest absolute Gasteiger partial charge is 0.352 e. The molecule has 0 saturated carbocycles. The van der Waals surface area contributed by atoms with Crippen LogP contribution in [0.5, 0.6) is 0 Å². The van der Waals surface area contributed by atoms with E-state index in [1.807, 2.05) is 12.1 Å². The van der Waals surface area contributed by atoms with Crippen molar-refractivity contribution in [3.05, 3.63) is 40.6 Å². The Hall–Kier alpha value is -1.29. The number of nitrogens with zero attached hydrogens (tertiary/aromatic N) is 1. The van der Waals surface area contributed by atoms with Gasteiger partial charge in [-0.2, -0.15) is 0 Å². The van der Waals surface area contributed by atoms with Crippen molar-refractivity contribution in [1.29, 1.82) is 0 Å². The highest BCUT2D eigenvalue weighted by molar-refractivity contribution is 9.10. The molecule has 0 fully saturated rings. The molecule has 66 valence electrons. The van der Waals surface area contributed by atoms with Crippen LogP contribution in [0.25, 0.3) is 5.52 Å². The summed E-state index contributed by atoms with van der Waals surface area (Å²) in [7, 11) is 0. The van der Waals surface area contributed by atoms with Crippen LogP contribution < -0.4 is 0 Å². The number of hydrogen-bond acceptors (Lipinski definition) is 1. The van der Waals surface area contributed by atoms with Gasteiger partial charge in [-0.1, -0.05) is 6.07 Å². The molecule has 0 atom stereocenters. The van der Waals surface area contributed by atoms with Crippen LogP contribution in [-0.4, -0.2) is 15.5 Å². The maximum Gasteiger partial charge on any atom is 0.352 e. The van der Waals surface area contributed by atoms with Gasteiger partial charge in [-0.05, 0) is 40.2 Å². The van der Waals surface area contributed by atoms with Gasteiger partial charge in [-0.3, -0.25) is 4.40 Å². The lowest BCUT2D eigenvalue weighted by Gasteiger charge is -2.00. The van der Waals surface area contributed by atoms with Crippen molar-refractivity contribution in [3.8, 4) is 0 Å². The molecule has 2 heterocycles. The molecule has 2 rings (SSSR count). The first-order valence-corrected chi connectivity index (χ1v) is 4.49. The topological polar surface area (TPSA) is 41.7 Å². The Bertz CT molecular complexity index is 475. The van der Waals surface area contributed by atoms with E-state index in [2.05, 4.69) is 15.9 Å². The van der Waals surface area contributed by atoms with E-state index < -0.39 is 5.97 Å². The lowest BCUT2D eigenvalue weighted by atomic mass is 10.4. The normalized spacial score (nSPS) is 10.5. The molecule has 0 unspecified atom stereocenters. The second-order valence-electron chi connectivity index (χ2n) is 2.63. The van der Waals surface area contributed by atoms with Gasteiger partial charge in [0.25, 0.3) is 0 Å². The van der Waals surface area contributed by atoms with Gasteiger partial charge in [-0.15, -0.1) is 0 Å². The molecule has 0 aliphatic carbocycles. The number of pyridine rings is 1. The molecule has 0 saturated heterocycles. The third-order valence-corrected chi connectivity index (χ3v) is 2.46. The predicted octanol–water partition coefficient (Wildman–Crippen LogP) is 2.40. The summed E-state index contributed by atoms with van der Waals surface area (Å²) < 4.78 is 2.38. The maximum absolute atomic E-state index is 10.8. The number of carboxylic acids is 1. The van der Waals surface area contributed by atoms with Crippen LogP contribution in [0.15, 0.2) is 34.9 Å². The molecule has 13 heavy (non-hydrogen) atoms. The third-order valence-electron chi connectivity index (χ3n) is 1.84. The Morgan fingerprint density at radius 3 is 2.77 bits per heavy atom. The van der Waals surface area contributed by atoms with Crippen molar-refractivity contribution in [1.82, 2.24) is 4.40 Å². The van der Waals surface area contributed by atoms with E-state index in [0.29, 0.717) is 0 Å². The van der Waals surface area contributed by atoms with Gasteiger partial charge in [0.15, 0.2) is 0 Å². The number of aromatic nitrogens is 1. The fraction of sp³-hybridized carbons (Fsp3) is 0. The standard InChI is InChI=1S/C9H6BrNO2/c10-8-3-1-2-6-4-5-7(9(12)13)11(6)8/h1-5H,(H,12,13). The van der Waals surface area contributed by atoms with Crippen molar-refractivity contribution in [2.24, 2.45) is 0 Å². The van der Waals surface area contributed by atoms with Gasteiger partial charge in [0, 0.05) is 5.52 Å². The molecular weight excluding hydrogens is 234 g/mol. The third kappa shape index (κ3) is 1.23. The molecule has 3 nitrogen and oxygen atoms in total. The Morgan fingerprint density at radius 1 is 1.31 bits per heavy atom. The minimum atomic E-state index is -0.924. The molecule has 0 amide bonds. The summed E-state index contributed by atoms with van der Waals surface area (Å²) in [6.07, 6.45) is 0. The Kier molecular flexibility index (Phi) is 1.84. The quantitative estimate of drug-likeness (QED) is 0.777. The number of hydrogen-bond donors (Lipinski definition) is 1. The summed E-state index contributed by atoms with van der Waals surface area (Å²) in [6, 6.07) is 8.89. The molecule has 1 N–H and O–H groups in total. The number of carbonyl (C=O) groups is 1. The second kappa shape index (κ2) is 2.88. The summed E-state index contributed by atoms with van der Waals surface area (Å²) >= 11 is 3.29. The highest BCUT2D eigenvalue weighted by atomic mass is 79.9. The highest BCUT2D eigenvalue weighted by Gasteiger charge is 2.09. The average Bonchev–Trinajstić information content (AvgIpc) is 2.49. The lowest BCUT2D eigenvalue weighted by molar-refractivity contribution is 0.0689.